The fourth-order valence-electron chi connectivity index (χ4n) is 9.10. The van der Waals surface area contributed by atoms with Crippen LogP contribution in [0.25, 0.3) is 82.8 Å². The zero-order chi connectivity index (χ0) is 39.8. The van der Waals surface area contributed by atoms with E-state index in [-0.39, 0.29) is 0 Å². The molecular weight excluding hydrogens is 725 g/mol. The van der Waals surface area contributed by atoms with E-state index in [0.717, 1.165) is 28.3 Å². The number of fused-ring (bicyclic) bond motifs is 4. The molecule has 0 spiro atoms. The fourth-order valence-corrected chi connectivity index (χ4v) is 9.10. The van der Waals surface area contributed by atoms with Crippen LogP contribution in [0.4, 0.5) is 17.1 Å². The van der Waals surface area contributed by atoms with Gasteiger partial charge in [0.15, 0.2) is 0 Å². The third kappa shape index (κ3) is 6.14. The number of para-hydroxylation sites is 4. The van der Waals surface area contributed by atoms with Crippen molar-refractivity contribution in [3.63, 3.8) is 0 Å². The zero-order valence-corrected chi connectivity index (χ0v) is 33.0. The maximum atomic E-state index is 2.43. The highest BCUT2D eigenvalue weighted by Gasteiger charge is 2.21. The van der Waals surface area contributed by atoms with Gasteiger partial charge in [-0.15, -0.1) is 0 Å². The Kier molecular flexibility index (Phi) is 8.87. The van der Waals surface area contributed by atoms with Crippen LogP contribution in [0.5, 0.6) is 0 Å². The topological polar surface area (TPSA) is 8.17 Å². The molecule has 0 aliphatic carbocycles. The lowest BCUT2D eigenvalue weighted by Crippen LogP contribution is -2.10. The van der Waals surface area contributed by atoms with Gasteiger partial charge in [-0.05, 0) is 104 Å². The van der Waals surface area contributed by atoms with Gasteiger partial charge in [-0.1, -0.05) is 188 Å². The molecule has 11 rings (SSSR count). The van der Waals surface area contributed by atoms with Crippen molar-refractivity contribution >= 4 is 49.6 Å². The molecule has 60 heavy (non-hydrogen) atoms. The molecule has 0 aliphatic rings. The molecule has 282 valence electrons. The summed E-state index contributed by atoms with van der Waals surface area (Å²) < 4.78 is 2.43. The minimum absolute atomic E-state index is 1.08. The van der Waals surface area contributed by atoms with Gasteiger partial charge in [0.25, 0.3) is 0 Å². The Hall–Kier alpha value is -7.94. The molecule has 0 N–H and O–H groups in total. The van der Waals surface area contributed by atoms with E-state index < -0.39 is 0 Å². The maximum absolute atomic E-state index is 2.43. The van der Waals surface area contributed by atoms with E-state index in [1.165, 1.54) is 71.5 Å². The van der Waals surface area contributed by atoms with Gasteiger partial charge in [-0.2, -0.15) is 0 Å². The van der Waals surface area contributed by atoms with E-state index in [2.05, 4.69) is 252 Å². The lowest BCUT2D eigenvalue weighted by Gasteiger charge is -2.27. The van der Waals surface area contributed by atoms with Crippen molar-refractivity contribution in [1.29, 1.82) is 0 Å². The monoisotopic (exact) mass is 764 g/mol. The van der Waals surface area contributed by atoms with E-state index in [1.807, 2.05) is 0 Å². The molecule has 0 fully saturated rings. The van der Waals surface area contributed by atoms with E-state index in [1.54, 1.807) is 0 Å². The summed E-state index contributed by atoms with van der Waals surface area (Å²) >= 11 is 0. The first-order chi connectivity index (χ1) is 29.8. The van der Waals surface area contributed by atoms with Crippen LogP contribution in [0.3, 0.4) is 0 Å². The summed E-state index contributed by atoms with van der Waals surface area (Å²) in [6.45, 7) is 0. The third-order valence-electron chi connectivity index (χ3n) is 11.8. The minimum atomic E-state index is 1.08. The SMILES string of the molecule is c1ccc(-c2cc(N(c3ccccc3)c3cccc(-c4ccc(-c5ccccc5)c5ccccc45)c3)ccc2-c2ccccc2-n2c3ccccc3c3ccccc32)cc1. The molecular formula is C58H40N2. The molecule has 0 bridgehead atoms. The molecule has 1 heterocycles. The van der Waals surface area contributed by atoms with E-state index in [0.29, 0.717) is 0 Å². The van der Waals surface area contributed by atoms with Crippen LogP contribution in [-0.4, -0.2) is 4.57 Å². The average Bonchev–Trinajstić information content (AvgIpc) is 3.66. The normalized spacial score (nSPS) is 11.3. The molecule has 1 aromatic heterocycles. The van der Waals surface area contributed by atoms with Crippen LogP contribution in [0.1, 0.15) is 0 Å². The second kappa shape index (κ2) is 15.1. The van der Waals surface area contributed by atoms with Gasteiger partial charge in [0.2, 0.25) is 0 Å². The Morgan fingerprint density at radius 3 is 1.35 bits per heavy atom. The standard InChI is InChI=1S/C58H40N2/c1-4-19-41(20-5-1)47-37-38-48(50-28-11-10-27-49(47)50)43-23-18-26-45(39-43)59(44-24-8-3-9-25-44)46-35-36-51(55(40-46)42-21-6-2-7-22-42)52-29-12-15-32-56(52)60-57-33-16-13-30-53(57)54-31-14-17-34-58(54)60/h1-40H. The molecule has 0 atom stereocenters. The van der Waals surface area contributed by atoms with Gasteiger partial charge in [-0.3, -0.25) is 0 Å². The van der Waals surface area contributed by atoms with Gasteiger partial charge in [-0.25, -0.2) is 0 Å². The highest BCUT2D eigenvalue weighted by molar-refractivity contribution is 6.10. The summed E-state index contributed by atoms with van der Waals surface area (Å²) in [5, 5.41) is 4.99. The molecule has 11 aromatic rings. The van der Waals surface area contributed by atoms with Crippen LogP contribution in [-0.2, 0) is 0 Å². The largest absolute Gasteiger partial charge is 0.310 e. The molecule has 0 radical (unpaired) electrons. The van der Waals surface area contributed by atoms with Crippen LogP contribution in [0.15, 0.2) is 243 Å². The third-order valence-corrected chi connectivity index (χ3v) is 11.8. The lowest BCUT2D eigenvalue weighted by atomic mass is 9.91. The smallest absolute Gasteiger partial charge is 0.0541 e. The number of hydrogen-bond donors (Lipinski definition) is 0. The Balaban J connectivity index is 1.09. The molecule has 0 aliphatic heterocycles. The number of hydrogen-bond acceptors (Lipinski definition) is 1. The molecule has 0 saturated carbocycles. The number of rotatable bonds is 8. The van der Waals surface area contributed by atoms with E-state index in [9.17, 15) is 0 Å². The number of aromatic nitrogens is 1. The first-order valence-corrected chi connectivity index (χ1v) is 20.6. The molecule has 2 heteroatoms. The van der Waals surface area contributed by atoms with Crippen LogP contribution < -0.4 is 4.90 Å². The highest BCUT2D eigenvalue weighted by Crippen LogP contribution is 2.45. The first kappa shape index (κ1) is 35.2. The Bertz CT molecular complexity index is 3260. The number of nitrogens with zero attached hydrogens (tertiary/aromatic N) is 2. The summed E-state index contributed by atoms with van der Waals surface area (Å²) in [6, 6.07) is 87.9. The molecule has 0 amide bonds. The lowest BCUT2D eigenvalue weighted by molar-refractivity contribution is 1.18. The van der Waals surface area contributed by atoms with Gasteiger partial charge in [0.05, 0.1) is 16.7 Å². The van der Waals surface area contributed by atoms with Crippen molar-refractivity contribution in [2.75, 3.05) is 4.90 Å². The van der Waals surface area contributed by atoms with Gasteiger partial charge < -0.3 is 9.47 Å². The predicted molar refractivity (Wildman–Crippen MR) is 255 cm³/mol. The molecule has 0 saturated heterocycles. The summed E-state index contributed by atoms with van der Waals surface area (Å²) in [6.07, 6.45) is 0. The predicted octanol–water partition coefficient (Wildman–Crippen LogP) is 16.1. The van der Waals surface area contributed by atoms with Crippen molar-refractivity contribution in [2.45, 2.75) is 0 Å². The van der Waals surface area contributed by atoms with Crippen molar-refractivity contribution < 1.29 is 0 Å². The second-order valence-electron chi connectivity index (χ2n) is 15.3. The maximum Gasteiger partial charge on any atom is 0.0541 e. The summed E-state index contributed by atoms with van der Waals surface area (Å²) in [5.41, 5.74) is 16.3. The number of anilines is 3. The van der Waals surface area contributed by atoms with Crippen molar-refractivity contribution in [2.24, 2.45) is 0 Å². The highest BCUT2D eigenvalue weighted by atomic mass is 15.1. The molecule has 2 nitrogen and oxygen atoms in total. The van der Waals surface area contributed by atoms with Crippen LogP contribution in [0.2, 0.25) is 0 Å². The second-order valence-corrected chi connectivity index (χ2v) is 15.3. The molecule has 10 aromatic carbocycles. The van der Waals surface area contributed by atoms with Gasteiger partial charge in [0.1, 0.15) is 0 Å². The van der Waals surface area contributed by atoms with Crippen molar-refractivity contribution in [1.82, 2.24) is 4.57 Å². The Morgan fingerprint density at radius 1 is 0.250 bits per heavy atom. The first-order valence-electron chi connectivity index (χ1n) is 20.6. The summed E-state index contributed by atoms with van der Waals surface area (Å²) in [4.78, 5) is 2.39. The molecule has 0 unspecified atom stereocenters. The number of benzene rings is 10. The summed E-state index contributed by atoms with van der Waals surface area (Å²) in [7, 11) is 0. The zero-order valence-electron chi connectivity index (χ0n) is 33.0. The summed E-state index contributed by atoms with van der Waals surface area (Å²) in [5.74, 6) is 0. The fraction of sp³-hybridized carbons (Fsp3) is 0. The quantitative estimate of drug-likeness (QED) is 0.150. The average molecular weight is 765 g/mol. The van der Waals surface area contributed by atoms with E-state index in [4.69, 9.17) is 0 Å². The Labute approximate surface area is 350 Å². The minimum Gasteiger partial charge on any atom is -0.310 e. The van der Waals surface area contributed by atoms with Crippen molar-refractivity contribution in [3.05, 3.63) is 243 Å². The Morgan fingerprint density at radius 2 is 0.700 bits per heavy atom. The van der Waals surface area contributed by atoms with Gasteiger partial charge in [0, 0.05) is 33.4 Å². The van der Waals surface area contributed by atoms with E-state index >= 15 is 0 Å². The van der Waals surface area contributed by atoms with Gasteiger partial charge >= 0.3 is 0 Å². The van der Waals surface area contributed by atoms with Crippen LogP contribution >= 0.6 is 0 Å². The van der Waals surface area contributed by atoms with Crippen molar-refractivity contribution in [3.8, 4) is 50.2 Å². The van der Waals surface area contributed by atoms with Crippen LogP contribution in [0, 0.1) is 0 Å².